The molecule has 2 aliphatic heterocycles. The number of aryl methyl sites for hydroxylation is 1. The lowest BCUT2D eigenvalue weighted by atomic mass is 9.97. The van der Waals surface area contributed by atoms with Gasteiger partial charge in [0.1, 0.15) is 6.33 Å². The molecule has 4 heterocycles. The standard InChI is InChI=1S/C16H21N5O/c22-16-13(9-14-10-17-6-8-20(14)16)4-1-3-12-5-2-7-21-15(12)18-11-19-21/h2,5,7,11,13-14,17H,1,3-4,6,8-10H2/t13-,14-/m0/s1/i1D2,3D2,7D. The van der Waals surface area contributed by atoms with Gasteiger partial charge >= 0.3 is 0 Å². The number of piperazine rings is 1. The topological polar surface area (TPSA) is 62.5 Å². The van der Waals surface area contributed by atoms with Crippen LogP contribution in [0.4, 0.5) is 0 Å². The van der Waals surface area contributed by atoms with Crippen molar-refractivity contribution < 1.29 is 11.6 Å². The molecule has 1 amide bonds. The molecule has 2 aromatic heterocycles. The first-order valence-corrected chi connectivity index (χ1v) is 7.53. The fourth-order valence-electron chi connectivity index (χ4n) is 3.25. The fourth-order valence-corrected chi connectivity index (χ4v) is 3.25. The van der Waals surface area contributed by atoms with E-state index in [1.807, 2.05) is 0 Å². The van der Waals surface area contributed by atoms with Crippen LogP contribution in [0.2, 0.25) is 0 Å². The summed E-state index contributed by atoms with van der Waals surface area (Å²) >= 11 is 0. The van der Waals surface area contributed by atoms with Gasteiger partial charge < -0.3 is 10.2 Å². The van der Waals surface area contributed by atoms with Crippen LogP contribution in [0.25, 0.3) is 5.65 Å². The highest BCUT2D eigenvalue weighted by Gasteiger charge is 2.39. The predicted octanol–water partition coefficient (Wildman–Crippen LogP) is 0.872. The van der Waals surface area contributed by atoms with Crippen molar-refractivity contribution >= 4 is 11.6 Å². The van der Waals surface area contributed by atoms with E-state index in [-0.39, 0.29) is 35.8 Å². The Hall–Kier alpha value is -1.95. The van der Waals surface area contributed by atoms with Gasteiger partial charge in [-0.1, -0.05) is 6.07 Å². The third kappa shape index (κ3) is 2.37. The Morgan fingerprint density at radius 2 is 2.50 bits per heavy atom. The monoisotopic (exact) mass is 304 g/mol. The predicted molar refractivity (Wildman–Crippen MR) is 82.4 cm³/mol. The van der Waals surface area contributed by atoms with E-state index in [1.54, 1.807) is 4.90 Å². The summed E-state index contributed by atoms with van der Waals surface area (Å²) < 4.78 is 42.9. The molecule has 2 atom stereocenters. The maximum Gasteiger partial charge on any atom is 0.226 e. The summed E-state index contributed by atoms with van der Waals surface area (Å²) in [6, 6.07) is 2.81. The molecule has 0 aliphatic carbocycles. The van der Waals surface area contributed by atoms with Gasteiger partial charge in [0.2, 0.25) is 5.91 Å². The zero-order valence-corrected chi connectivity index (χ0v) is 12.1. The van der Waals surface area contributed by atoms with Crippen molar-refractivity contribution in [1.82, 2.24) is 24.8 Å². The number of aromatic nitrogens is 3. The Kier molecular flexibility index (Phi) is 2.39. The van der Waals surface area contributed by atoms with Crippen molar-refractivity contribution in [2.45, 2.75) is 31.6 Å². The van der Waals surface area contributed by atoms with E-state index >= 15 is 0 Å². The van der Waals surface area contributed by atoms with E-state index in [4.69, 9.17) is 6.85 Å². The maximum absolute atomic E-state index is 12.7. The molecule has 2 saturated heterocycles. The molecule has 0 saturated carbocycles. The molecular weight excluding hydrogens is 278 g/mol. The minimum atomic E-state index is -2.39. The van der Waals surface area contributed by atoms with Gasteiger partial charge in [-0.3, -0.25) is 4.79 Å². The number of amides is 1. The minimum Gasteiger partial charge on any atom is -0.337 e. The first-order valence-electron chi connectivity index (χ1n) is 10.0. The highest BCUT2D eigenvalue weighted by Crippen LogP contribution is 2.29. The first kappa shape index (κ1) is 9.25. The number of carbonyl (C=O) groups is 1. The van der Waals surface area contributed by atoms with Crippen LogP contribution in [0.15, 0.2) is 24.6 Å². The van der Waals surface area contributed by atoms with Crippen molar-refractivity contribution in [3.05, 3.63) is 30.2 Å². The largest absolute Gasteiger partial charge is 0.337 e. The second-order valence-corrected chi connectivity index (χ2v) is 5.70. The molecule has 0 bridgehead atoms. The lowest BCUT2D eigenvalue weighted by Gasteiger charge is -2.30. The summed E-state index contributed by atoms with van der Waals surface area (Å²) in [6.45, 7) is 2.04. The molecule has 2 aliphatic rings. The van der Waals surface area contributed by atoms with Crippen LogP contribution >= 0.6 is 0 Å². The number of nitrogens with one attached hydrogen (secondary N) is 1. The van der Waals surface area contributed by atoms with E-state index in [1.165, 1.54) is 23.0 Å². The highest BCUT2D eigenvalue weighted by atomic mass is 16.2. The van der Waals surface area contributed by atoms with Crippen LogP contribution in [-0.4, -0.2) is 51.1 Å². The second kappa shape index (κ2) is 5.68. The van der Waals surface area contributed by atoms with Crippen LogP contribution in [-0.2, 0) is 11.2 Å². The Bertz CT molecular complexity index is 885. The Morgan fingerprint density at radius 1 is 1.55 bits per heavy atom. The van der Waals surface area contributed by atoms with Gasteiger partial charge in [0.05, 0.1) is 1.37 Å². The molecule has 2 fully saturated rings. The Balaban J connectivity index is 1.63. The summed E-state index contributed by atoms with van der Waals surface area (Å²) in [5.74, 6) is -0.625. The molecule has 22 heavy (non-hydrogen) atoms. The summed E-state index contributed by atoms with van der Waals surface area (Å²) in [5, 5.41) is 7.14. The number of hydrogen-bond donors (Lipinski definition) is 1. The Labute approximate surface area is 136 Å². The van der Waals surface area contributed by atoms with Crippen molar-refractivity contribution in [2.24, 2.45) is 5.92 Å². The molecule has 0 spiro atoms. The summed E-state index contributed by atoms with van der Waals surface area (Å²) in [5.41, 5.74) is 0.154. The summed E-state index contributed by atoms with van der Waals surface area (Å²) in [7, 11) is 0. The molecule has 0 aromatic carbocycles. The molecule has 2 aromatic rings. The smallest absolute Gasteiger partial charge is 0.226 e. The molecule has 6 heteroatoms. The molecule has 0 unspecified atom stereocenters. The summed E-state index contributed by atoms with van der Waals surface area (Å²) in [6.07, 6.45) is -3.09. The number of rotatable bonds is 4. The lowest BCUT2D eigenvalue weighted by molar-refractivity contribution is -0.132. The third-order valence-electron chi connectivity index (χ3n) is 4.35. The van der Waals surface area contributed by atoms with Crippen LogP contribution in [0.1, 0.15) is 31.6 Å². The molecule has 4 rings (SSSR count). The Morgan fingerprint density at radius 3 is 3.41 bits per heavy atom. The number of pyridine rings is 1. The minimum absolute atomic E-state index is 0.0332. The maximum atomic E-state index is 12.7. The van der Waals surface area contributed by atoms with Gasteiger partial charge in [-0.25, -0.2) is 9.50 Å². The number of hydrogen-bond acceptors (Lipinski definition) is 4. The third-order valence-corrected chi connectivity index (χ3v) is 4.35. The SMILES string of the molecule is [2H]c1ccc(C([2H])([2H])C([2H])([2H])C[C@H]2C[C@H]3CNCCN3C2=O)c2ncnn12. The van der Waals surface area contributed by atoms with Crippen LogP contribution in [0, 0.1) is 5.92 Å². The average Bonchev–Trinajstić information content (AvgIpc) is 3.21. The normalized spacial score (nSPS) is 29.5. The first-order chi connectivity index (χ1) is 12.7. The zero-order valence-electron chi connectivity index (χ0n) is 17.1. The van der Waals surface area contributed by atoms with E-state index in [2.05, 4.69) is 15.4 Å². The van der Waals surface area contributed by atoms with Gasteiger partial charge in [-0.05, 0) is 37.2 Å². The van der Waals surface area contributed by atoms with Gasteiger partial charge in [0.15, 0.2) is 5.65 Å². The number of carbonyl (C=O) groups excluding carboxylic acids is 1. The quantitative estimate of drug-likeness (QED) is 0.910. The fraction of sp³-hybridized carbons (Fsp3) is 0.562. The molecule has 6 nitrogen and oxygen atoms in total. The molecule has 1 N–H and O–H groups in total. The van der Waals surface area contributed by atoms with E-state index in [0.717, 1.165) is 6.54 Å². The number of fused-ring (bicyclic) bond motifs is 2. The van der Waals surface area contributed by atoms with Gasteiger partial charge in [-0.2, -0.15) is 5.10 Å². The van der Waals surface area contributed by atoms with Crippen molar-refractivity contribution in [1.29, 1.82) is 0 Å². The van der Waals surface area contributed by atoms with Crippen LogP contribution in [0.5, 0.6) is 0 Å². The van der Waals surface area contributed by atoms with Crippen molar-refractivity contribution in [2.75, 3.05) is 19.6 Å². The zero-order chi connectivity index (χ0) is 19.4. The molecule has 116 valence electrons. The van der Waals surface area contributed by atoms with Gasteiger partial charge in [-0.15, -0.1) is 0 Å². The van der Waals surface area contributed by atoms with Crippen LogP contribution in [0.3, 0.4) is 0 Å². The van der Waals surface area contributed by atoms with E-state index in [0.29, 0.717) is 19.5 Å². The van der Waals surface area contributed by atoms with Gasteiger partial charge in [0.25, 0.3) is 0 Å². The molecule has 0 radical (unpaired) electrons. The van der Waals surface area contributed by atoms with E-state index < -0.39 is 18.7 Å². The van der Waals surface area contributed by atoms with Crippen molar-refractivity contribution in [3.63, 3.8) is 0 Å². The lowest BCUT2D eigenvalue weighted by Crippen LogP contribution is -2.49. The van der Waals surface area contributed by atoms with Gasteiger partial charge in [0, 0.05) is 43.2 Å². The summed E-state index contributed by atoms with van der Waals surface area (Å²) in [4.78, 5) is 18.5. The van der Waals surface area contributed by atoms with Crippen molar-refractivity contribution in [3.8, 4) is 0 Å². The second-order valence-electron chi connectivity index (χ2n) is 5.70. The average molecular weight is 304 g/mol. The van der Waals surface area contributed by atoms with Crippen LogP contribution < -0.4 is 5.32 Å². The molecular formula is C16H21N5O. The highest BCUT2D eigenvalue weighted by molar-refractivity contribution is 5.81. The number of nitrogens with zero attached hydrogens (tertiary/aromatic N) is 4. The van der Waals surface area contributed by atoms with E-state index in [9.17, 15) is 4.79 Å².